The van der Waals surface area contributed by atoms with Crippen molar-refractivity contribution in [2.45, 2.75) is 19.1 Å². The lowest BCUT2D eigenvalue weighted by atomic mass is 10.0. The molecule has 2 aliphatic heterocycles. The summed E-state index contributed by atoms with van der Waals surface area (Å²) in [4.78, 5) is 22.6. The minimum atomic E-state index is -0.526. The molecule has 2 aromatic rings. The maximum absolute atomic E-state index is 12.8. The monoisotopic (exact) mass is 379 g/mol. The summed E-state index contributed by atoms with van der Waals surface area (Å²) in [5.74, 6) is 0.797. The second kappa shape index (κ2) is 8.44. The number of ether oxygens (including phenoxy) is 1. The fourth-order valence-electron chi connectivity index (χ4n) is 3.65. The maximum Gasteiger partial charge on any atom is 0.266 e. The van der Waals surface area contributed by atoms with Crippen molar-refractivity contribution >= 4 is 11.6 Å². The Balaban J connectivity index is 1.29. The van der Waals surface area contributed by atoms with Gasteiger partial charge < -0.3 is 14.5 Å². The van der Waals surface area contributed by atoms with E-state index in [1.54, 1.807) is 7.11 Å². The van der Waals surface area contributed by atoms with Crippen LogP contribution in [0.25, 0.3) is 0 Å². The SMILES string of the molecule is COc1cccc(C2=NOC(C(=O)N3CCN(Cc4ccccc4)CC3)C2)c1. The van der Waals surface area contributed by atoms with Crippen LogP contribution in [0.3, 0.4) is 0 Å². The minimum absolute atomic E-state index is 0.0287. The van der Waals surface area contributed by atoms with Gasteiger partial charge in [-0.2, -0.15) is 0 Å². The van der Waals surface area contributed by atoms with Gasteiger partial charge in [-0.15, -0.1) is 0 Å². The number of hydrogen-bond donors (Lipinski definition) is 0. The lowest BCUT2D eigenvalue weighted by molar-refractivity contribution is -0.143. The van der Waals surface area contributed by atoms with E-state index in [4.69, 9.17) is 9.57 Å². The third kappa shape index (κ3) is 4.17. The summed E-state index contributed by atoms with van der Waals surface area (Å²) in [5, 5.41) is 4.15. The average Bonchev–Trinajstić information content (AvgIpc) is 3.25. The normalized spacial score (nSPS) is 19.8. The Labute approximate surface area is 165 Å². The van der Waals surface area contributed by atoms with E-state index in [1.807, 2.05) is 35.2 Å². The van der Waals surface area contributed by atoms with E-state index in [0.717, 1.165) is 49.7 Å². The van der Waals surface area contributed by atoms with Crippen LogP contribution in [0.2, 0.25) is 0 Å². The van der Waals surface area contributed by atoms with Crippen LogP contribution in [0.15, 0.2) is 59.8 Å². The molecule has 0 N–H and O–H groups in total. The van der Waals surface area contributed by atoms with Gasteiger partial charge in [-0.3, -0.25) is 9.69 Å². The predicted octanol–water partition coefficient (Wildman–Crippen LogP) is 2.53. The molecular weight excluding hydrogens is 354 g/mol. The second-order valence-corrected chi connectivity index (χ2v) is 7.16. The summed E-state index contributed by atoms with van der Waals surface area (Å²) in [6.07, 6.45) is -0.0298. The molecule has 146 valence electrons. The molecule has 1 atom stereocenters. The van der Waals surface area contributed by atoms with Gasteiger partial charge in [-0.05, 0) is 17.7 Å². The molecule has 4 rings (SSSR count). The van der Waals surface area contributed by atoms with Crippen LogP contribution in [0.5, 0.6) is 5.75 Å². The number of amides is 1. The zero-order chi connectivity index (χ0) is 19.3. The fraction of sp³-hybridized carbons (Fsp3) is 0.364. The molecule has 1 saturated heterocycles. The first-order valence-electron chi connectivity index (χ1n) is 9.65. The van der Waals surface area contributed by atoms with Crippen LogP contribution in [0.1, 0.15) is 17.5 Å². The van der Waals surface area contributed by atoms with E-state index < -0.39 is 6.10 Å². The molecule has 6 nitrogen and oxygen atoms in total. The Hall–Kier alpha value is -2.86. The molecule has 0 aliphatic carbocycles. The molecule has 1 amide bonds. The Morgan fingerprint density at radius 1 is 1.11 bits per heavy atom. The topological polar surface area (TPSA) is 54.4 Å². The van der Waals surface area contributed by atoms with Gasteiger partial charge in [0.15, 0.2) is 0 Å². The molecule has 0 bridgehead atoms. The van der Waals surface area contributed by atoms with Gasteiger partial charge >= 0.3 is 0 Å². The lowest BCUT2D eigenvalue weighted by Crippen LogP contribution is -2.51. The van der Waals surface area contributed by atoms with Crippen molar-refractivity contribution in [1.29, 1.82) is 0 Å². The molecule has 2 aromatic carbocycles. The molecule has 2 heterocycles. The molecule has 2 aliphatic rings. The number of carbonyl (C=O) groups is 1. The highest BCUT2D eigenvalue weighted by Gasteiger charge is 2.33. The Kier molecular flexibility index (Phi) is 5.58. The average molecular weight is 379 g/mol. The van der Waals surface area contributed by atoms with Gasteiger partial charge in [0.1, 0.15) is 5.75 Å². The van der Waals surface area contributed by atoms with Crippen molar-refractivity contribution in [2.75, 3.05) is 33.3 Å². The third-order valence-electron chi connectivity index (χ3n) is 5.28. The minimum Gasteiger partial charge on any atom is -0.497 e. The number of methoxy groups -OCH3 is 1. The first-order valence-corrected chi connectivity index (χ1v) is 9.65. The first kappa shape index (κ1) is 18.5. The number of carbonyl (C=O) groups excluding carboxylic acids is 1. The van der Waals surface area contributed by atoms with Crippen molar-refractivity contribution in [3.05, 3.63) is 65.7 Å². The van der Waals surface area contributed by atoms with E-state index in [0.29, 0.717) is 6.42 Å². The van der Waals surface area contributed by atoms with E-state index >= 15 is 0 Å². The van der Waals surface area contributed by atoms with Crippen molar-refractivity contribution < 1.29 is 14.4 Å². The number of nitrogens with zero attached hydrogens (tertiary/aromatic N) is 3. The number of hydrogen-bond acceptors (Lipinski definition) is 5. The number of rotatable bonds is 5. The van der Waals surface area contributed by atoms with Crippen LogP contribution < -0.4 is 4.74 Å². The Bertz CT molecular complexity index is 845. The molecule has 0 spiro atoms. The van der Waals surface area contributed by atoms with E-state index in [2.05, 4.69) is 34.3 Å². The van der Waals surface area contributed by atoms with Crippen LogP contribution in [0.4, 0.5) is 0 Å². The summed E-state index contributed by atoms with van der Waals surface area (Å²) in [6.45, 7) is 4.11. The van der Waals surface area contributed by atoms with Crippen molar-refractivity contribution in [3.8, 4) is 5.75 Å². The molecule has 0 aromatic heterocycles. The van der Waals surface area contributed by atoms with Crippen LogP contribution >= 0.6 is 0 Å². The van der Waals surface area contributed by atoms with E-state index in [1.165, 1.54) is 5.56 Å². The molecule has 0 radical (unpaired) electrons. The highest BCUT2D eigenvalue weighted by Crippen LogP contribution is 2.22. The van der Waals surface area contributed by atoms with Crippen molar-refractivity contribution in [3.63, 3.8) is 0 Å². The Morgan fingerprint density at radius 3 is 2.64 bits per heavy atom. The summed E-state index contributed by atoms with van der Waals surface area (Å²) >= 11 is 0. The number of oxime groups is 1. The van der Waals surface area contributed by atoms with Crippen molar-refractivity contribution in [2.24, 2.45) is 5.16 Å². The highest BCUT2D eigenvalue weighted by atomic mass is 16.6. The van der Waals surface area contributed by atoms with E-state index in [9.17, 15) is 4.79 Å². The molecule has 0 saturated carbocycles. The van der Waals surface area contributed by atoms with Crippen LogP contribution in [0, 0.1) is 0 Å². The van der Waals surface area contributed by atoms with Crippen LogP contribution in [-0.2, 0) is 16.2 Å². The molecule has 1 fully saturated rings. The highest BCUT2D eigenvalue weighted by molar-refractivity contribution is 6.04. The summed E-state index contributed by atoms with van der Waals surface area (Å²) in [5.41, 5.74) is 3.03. The van der Waals surface area contributed by atoms with Gasteiger partial charge in [0, 0.05) is 44.7 Å². The predicted molar refractivity (Wildman–Crippen MR) is 107 cm³/mol. The number of piperazine rings is 1. The van der Waals surface area contributed by atoms with E-state index in [-0.39, 0.29) is 5.91 Å². The van der Waals surface area contributed by atoms with Gasteiger partial charge in [-0.1, -0.05) is 47.6 Å². The molecule has 1 unspecified atom stereocenters. The van der Waals surface area contributed by atoms with Gasteiger partial charge in [-0.25, -0.2) is 0 Å². The molecular formula is C22H25N3O3. The summed E-state index contributed by atoms with van der Waals surface area (Å²) < 4.78 is 5.26. The molecule has 28 heavy (non-hydrogen) atoms. The third-order valence-corrected chi connectivity index (χ3v) is 5.28. The van der Waals surface area contributed by atoms with Crippen LogP contribution in [-0.4, -0.2) is 60.8 Å². The Morgan fingerprint density at radius 2 is 1.89 bits per heavy atom. The zero-order valence-corrected chi connectivity index (χ0v) is 16.1. The second-order valence-electron chi connectivity index (χ2n) is 7.16. The smallest absolute Gasteiger partial charge is 0.266 e. The summed E-state index contributed by atoms with van der Waals surface area (Å²) in [6, 6.07) is 18.1. The number of benzene rings is 2. The standard InChI is InChI=1S/C22H25N3O3/c1-27-19-9-5-8-18(14-19)20-15-21(28-23-20)22(26)25-12-10-24(11-13-25)16-17-6-3-2-4-7-17/h2-9,14,21H,10-13,15-16H2,1H3. The zero-order valence-electron chi connectivity index (χ0n) is 16.1. The van der Waals surface area contributed by atoms with Crippen molar-refractivity contribution in [1.82, 2.24) is 9.80 Å². The quantitative estimate of drug-likeness (QED) is 0.801. The van der Waals surface area contributed by atoms with Gasteiger partial charge in [0.2, 0.25) is 6.10 Å². The first-order chi connectivity index (χ1) is 13.7. The summed E-state index contributed by atoms with van der Waals surface area (Å²) in [7, 11) is 1.63. The van der Waals surface area contributed by atoms with Gasteiger partial charge in [0.25, 0.3) is 5.91 Å². The maximum atomic E-state index is 12.8. The lowest BCUT2D eigenvalue weighted by Gasteiger charge is -2.35. The molecule has 6 heteroatoms. The van der Waals surface area contributed by atoms with Gasteiger partial charge in [0.05, 0.1) is 12.8 Å². The fourth-order valence-corrected chi connectivity index (χ4v) is 3.65. The largest absolute Gasteiger partial charge is 0.497 e.